The van der Waals surface area contributed by atoms with E-state index in [9.17, 15) is 0 Å². The Balaban J connectivity index is 2.12. The Morgan fingerprint density at radius 1 is 1.42 bits per heavy atom. The molecule has 2 heterocycles. The molecule has 1 atom stereocenters. The van der Waals surface area contributed by atoms with Crippen LogP contribution in [-0.4, -0.2) is 12.8 Å². The number of rotatable bonds is 0. The van der Waals surface area contributed by atoms with Crippen LogP contribution in [-0.2, 0) is 9.47 Å². The molecule has 3 rings (SSSR count). The predicted octanol–water partition coefficient (Wildman–Crippen LogP) is 1.49. The van der Waals surface area contributed by atoms with E-state index in [0.29, 0.717) is 6.79 Å². The van der Waals surface area contributed by atoms with Crippen molar-refractivity contribution in [3.8, 4) is 0 Å². The maximum absolute atomic E-state index is 5.29. The number of fused-ring (bicyclic) bond motifs is 2. The predicted molar refractivity (Wildman–Crippen MR) is 39.9 cm³/mol. The fourth-order valence-corrected chi connectivity index (χ4v) is 1.46. The number of allylic oxidation sites excluding steroid dienone is 1. The molecule has 0 bridgehead atoms. The lowest BCUT2D eigenvalue weighted by Gasteiger charge is -2.10. The lowest BCUT2D eigenvalue weighted by Crippen LogP contribution is -2.08. The van der Waals surface area contributed by atoms with E-state index in [1.54, 1.807) is 6.20 Å². The molecular formula is C8H6N2O2. The number of hydrogen-bond donors (Lipinski definition) is 0. The first-order chi connectivity index (χ1) is 5.95. The molecule has 0 saturated heterocycles. The Kier molecular flexibility index (Phi) is 0.983. The van der Waals surface area contributed by atoms with Gasteiger partial charge in [-0.1, -0.05) is 0 Å². The van der Waals surface area contributed by atoms with Gasteiger partial charge in [-0.15, -0.1) is 0 Å². The number of ether oxygens (including phenoxy) is 2. The van der Waals surface area contributed by atoms with Crippen LogP contribution in [0.15, 0.2) is 45.7 Å². The molecule has 0 amide bonds. The van der Waals surface area contributed by atoms with Gasteiger partial charge in [-0.3, -0.25) is 0 Å². The first-order valence-corrected chi connectivity index (χ1v) is 3.73. The topological polar surface area (TPSA) is 43.2 Å². The van der Waals surface area contributed by atoms with Gasteiger partial charge in [-0.2, -0.15) is 10.2 Å². The highest BCUT2D eigenvalue weighted by atomic mass is 16.7. The Bertz CT molecular complexity index is 352. The van der Waals surface area contributed by atoms with Crippen molar-refractivity contribution >= 4 is 0 Å². The van der Waals surface area contributed by atoms with Crippen LogP contribution < -0.4 is 0 Å². The summed E-state index contributed by atoms with van der Waals surface area (Å²) >= 11 is 0. The van der Waals surface area contributed by atoms with Crippen LogP contribution in [0, 0.1) is 0 Å². The summed E-state index contributed by atoms with van der Waals surface area (Å²) in [6.07, 6.45) is 5.56. The van der Waals surface area contributed by atoms with E-state index in [4.69, 9.17) is 9.47 Å². The maximum atomic E-state index is 5.29. The highest BCUT2D eigenvalue weighted by molar-refractivity contribution is 5.46. The molecule has 0 spiro atoms. The number of hydrogen-bond acceptors (Lipinski definition) is 4. The van der Waals surface area contributed by atoms with E-state index in [1.165, 1.54) is 0 Å². The van der Waals surface area contributed by atoms with Crippen molar-refractivity contribution in [1.29, 1.82) is 0 Å². The second-order valence-corrected chi connectivity index (χ2v) is 2.72. The van der Waals surface area contributed by atoms with E-state index in [-0.39, 0.29) is 6.04 Å². The molecule has 12 heavy (non-hydrogen) atoms. The van der Waals surface area contributed by atoms with Gasteiger partial charge in [-0.25, -0.2) is 0 Å². The molecule has 0 aromatic carbocycles. The summed E-state index contributed by atoms with van der Waals surface area (Å²) < 4.78 is 10.5. The van der Waals surface area contributed by atoms with Crippen molar-refractivity contribution in [2.75, 3.05) is 6.79 Å². The van der Waals surface area contributed by atoms with Crippen molar-refractivity contribution < 1.29 is 9.47 Å². The third kappa shape index (κ3) is 0.617. The van der Waals surface area contributed by atoms with Gasteiger partial charge in [0.15, 0.2) is 11.5 Å². The molecule has 0 fully saturated rings. The van der Waals surface area contributed by atoms with Gasteiger partial charge < -0.3 is 9.47 Å². The van der Waals surface area contributed by atoms with Crippen LogP contribution in [0.25, 0.3) is 0 Å². The van der Waals surface area contributed by atoms with E-state index < -0.39 is 0 Å². The highest BCUT2D eigenvalue weighted by Gasteiger charge is 2.30. The fraction of sp³-hybridized carbons (Fsp3) is 0.250. The summed E-state index contributed by atoms with van der Waals surface area (Å²) in [7, 11) is 0. The van der Waals surface area contributed by atoms with Gasteiger partial charge >= 0.3 is 0 Å². The Hall–Kier alpha value is -1.58. The van der Waals surface area contributed by atoms with Crippen LogP contribution >= 0.6 is 0 Å². The molecule has 0 saturated carbocycles. The van der Waals surface area contributed by atoms with Crippen molar-refractivity contribution in [2.24, 2.45) is 10.2 Å². The van der Waals surface area contributed by atoms with Gasteiger partial charge in [-0.05, 0) is 12.2 Å². The molecule has 0 N–H and O–H groups in total. The molecule has 60 valence electrons. The molecule has 2 aliphatic heterocycles. The normalized spacial score (nSPS) is 29.3. The smallest absolute Gasteiger partial charge is 0.231 e. The number of azo groups is 1. The zero-order valence-corrected chi connectivity index (χ0v) is 6.23. The highest BCUT2D eigenvalue weighted by Crippen LogP contribution is 2.34. The third-order valence-corrected chi connectivity index (χ3v) is 2.04. The SMILES string of the molecule is C1=CC2N=NC=C2C2=C1OCO2. The molecule has 1 aliphatic carbocycles. The summed E-state index contributed by atoms with van der Waals surface area (Å²) in [6, 6.07) is 0.0467. The zero-order valence-electron chi connectivity index (χ0n) is 6.23. The molecule has 0 aromatic rings. The third-order valence-electron chi connectivity index (χ3n) is 2.04. The second kappa shape index (κ2) is 1.97. The average Bonchev–Trinajstić information content (AvgIpc) is 2.71. The Morgan fingerprint density at radius 2 is 2.42 bits per heavy atom. The van der Waals surface area contributed by atoms with Gasteiger partial charge in [0.25, 0.3) is 0 Å². The van der Waals surface area contributed by atoms with Gasteiger partial charge in [0.05, 0.1) is 6.20 Å². The van der Waals surface area contributed by atoms with Crippen LogP contribution in [0.4, 0.5) is 0 Å². The lowest BCUT2D eigenvalue weighted by molar-refractivity contribution is 0.0769. The van der Waals surface area contributed by atoms with Gasteiger partial charge in [0.2, 0.25) is 6.79 Å². The van der Waals surface area contributed by atoms with Crippen LogP contribution in [0.5, 0.6) is 0 Å². The Morgan fingerprint density at radius 3 is 3.42 bits per heavy atom. The zero-order chi connectivity index (χ0) is 7.97. The summed E-state index contributed by atoms with van der Waals surface area (Å²) in [5, 5.41) is 7.82. The van der Waals surface area contributed by atoms with Crippen molar-refractivity contribution in [3.05, 3.63) is 35.4 Å². The summed E-state index contributed by atoms with van der Waals surface area (Å²) in [6.45, 7) is 0.305. The van der Waals surface area contributed by atoms with Crippen LogP contribution in [0.2, 0.25) is 0 Å². The van der Waals surface area contributed by atoms with Crippen LogP contribution in [0.1, 0.15) is 0 Å². The van der Waals surface area contributed by atoms with Crippen molar-refractivity contribution in [3.63, 3.8) is 0 Å². The largest absolute Gasteiger partial charge is 0.454 e. The minimum absolute atomic E-state index is 0.0467. The van der Waals surface area contributed by atoms with Crippen LogP contribution in [0.3, 0.4) is 0 Å². The van der Waals surface area contributed by atoms with E-state index in [2.05, 4.69) is 10.2 Å². The quantitative estimate of drug-likeness (QED) is 0.541. The standard InChI is InChI=1S/C8H6N2O2/c1-2-7-8(12-4-11-7)5-3-9-10-6(1)5/h1-3,6H,4H2. The molecule has 1 unspecified atom stereocenters. The minimum Gasteiger partial charge on any atom is -0.454 e. The Labute approximate surface area is 68.9 Å². The second-order valence-electron chi connectivity index (χ2n) is 2.72. The minimum atomic E-state index is 0.0467. The summed E-state index contributed by atoms with van der Waals surface area (Å²) in [5.41, 5.74) is 1.00. The number of nitrogens with zero attached hydrogens (tertiary/aromatic N) is 2. The van der Waals surface area contributed by atoms with Crippen molar-refractivity contribution in [1.82, 2.24) is 0 Å². The molecule has 4 nitrogen and oxygen atoms in total. The molecule has 0 radical (unpaired) electrons. The first-order valence-electron chi connectivity index (χ1n) is 3.73. The fourth-order valence-electron chi connectivity index (χ4n) is 1.46. The molecule has 4 heteroatoms. The first kappa shape index (κ1) is 5.99. The lowest BCUT2D eigenvalue weighted by atomic mass is 10.0. The van der Waals surface area contributed by atoms with Crippen molar-refractivity contribution in [2.45, 2.75) is 6.04 Å². The van der Waals surface area contributed by atoms with E-state index in [0.717, 1.165) is 17.1 Å². The summed E-state index contributed by atoms with van der Waals surface area (Å²) in [4.78, 5) is 0. The summed E-state index contributed by atoms with van der Waals surface area (Å²) in [5.74, 6) is 1.59. The van der Waals surface area contributed by atoms with Gasteiger partial charge in [0.1, 0.15) is 6.04 Å². The monoisotopic (exact) mass is 162 g/mol. The van der Waals surface area contributed by atoms with E-state index in [1.807, 2.05) is 12.2 Å². The maximum Gasteiger partial charge on any atom is 0.231 e. The molecule has 3 aliphatic rings. The molecule has 0 aromatic heterocycles. The average molecular weight is 162 g/mol. The molecular weight excluding hydrogens is 156 g/mol. The van der Waals surface area contributed by atoms with Gasteiger partial charge in [0, 0.05) is 5.57 Å². The van der Waals surface area contributed by atoms with E-state index >= 15 is 0 Å².